The molecule has 0 amide bonds. The predicted molar refractivity (Wildman–Crippen MR) is 70.6 cm³/mol. The van der Waals surface area contributed by atoms with Crippen LogP contribution in [0.15, 0.2) is 41.0 Å². The highest BCUT2D eigenvalue weighted by Gasteiger charge is 2.32. The molecule has 0 spiro atoms. The molecule has 1 aromatic carbocycles. The Balaban J connectivity index is 2.10. The Kier molecular flexibility index (Phi) is 3.20. The zero-order chi connectivity index (χ0) is 14.2. The number of nitrogens with zero attached hydrogens (tertiary/aromatic N) is 1. The number of halogens is 3. The van der Waals surface area contributed by atoms with Crippen molar-refractivity contribution in [2.24, 2.45) is 0 Å². The van der Waals surface area contributed by atoms with Crippen molar-refractivity contribution in [2.75, 3.05) is 18.0 Å². The molecule has 2 heterocycles. The fourth-order valence-electron chi connectivity index (χ4n) is 2.58. The Morgan fingerprint density at radius 2 is 1.80 bits per heavy atom. The van der Waals surface area contributed by atoms with Gasteiger partial charge in [0.05, 0.1) is 11.8 Å². The molecule has 0 N–H and O–H groups in total. The Labute approximate surface area is 114 Å². The molecule has 1 aliphatic rings. The maximum absolute atomic E-state index is 12.9. The van der Waals surface area contributed by atoms with E-state index in [2.05, 4.69) is 4.90 Å². The van der Waals surface area contributed by atoms with Crippen molar-refractivity contribution in [1.82, 2.24) is 0 Å². The van der Waals surface area contributed by atoms with E-state index in [9.17, 15) is 13.2 Å². The van der Waals surface area contributed by atoms with Crippen molar-refractivity contribution >= 4 is 5.69 Å². The molecule has 3 rings (SSSR count). The Bertz CT molecular complexity index is 584. The summed E-state index contributed by atoms with van der Waals surface area (Å²) in [5.41, 5.74) is 0.670. The number of benzene rings is 1. The quantitative estimate of drug-likeness (QED) is 0.802. The summed E-state index contributed by atoms with van der Waals surface area (Å²) in [5.74, 6) is 0.470. The van der Waals surface area contributed by atoms with Crippen LogP contribution in [0.5, 0.6) is 0 Å². The van der Waals surface area contributed by atoms with E-state index in [1.54, 1.807) is 18.2 Å². The van der Waals surface area contributed by atoms with E-state index in [1.807, 2.05) is 0 Å². The molecule has 0 saturated carbocycles. The summed E-state index contributed by atoms with van der Waals surface area (Å²) in [5, 5.41) is 0. The van der Waals surface area contributed by atoms with Gasteiger partial charge >= 0.3 is 6.18 Å². The summed E-state index contributed by atoms with van der Waals surface area (Å²) in [6, 6.07) is 7.23. The van der Waals surface area contributed by atoms with Crippen LogP contribution in [0.25, 0.3) is 11.3 Å². The van der Waals surface area contributed by atoms with Crippen molar-refractivity contribution in [3.05, 3.63) is 42.2 Å². The minimum absolute atomic E-state index is 0.470. The first kappa shape index (κ1) is 13.1. The molecule has 0 aliphatic carbocycles. The van der Waals surface area contributed by atoms with Crippen LogP contribution in [0.1, 0.15) is 18.4 Å². The van der Waals surface area contributed by atoms with Gasteiger partial charge in [0.15, 0.2) is 0 Å². The van der Waals surface area contributed by atoms with E-state index in [4.69, 9.17) is 4.42 Å². The van der Waals surface area contributed by atoms with Gasteiger partial charge in [0, 0.05) is 24.3 Å². The summed E-state index contributed by atoms with van der Waals surface area (Å²) in [4.78, 5) is 2.11. The fraction of sp³-hybridized carbons (Fsp3) is 0.333. The van der Waals surface area contributed by atoms with Crippen molar-refractivity contribution in [1.29, 1.82) is 0 Å². The SMILES string of the molecule is FC(F)(F)c1ccc(N2CCCC2)c(-c2ccco2)c1. The first-order valence-corrected chi connectivity index (χ1v) is 6.56. The Morgan fingerprint density at radius 1 is 1.05 bits per heavy atom. The van der Waals surface area contributed by atoms with E-state index >= 15 is 0 Å². The maximum Gasteiger partial charge on any atom is 0.416 e. The van der Waals surface area contributed by atoms with Gasteiger partial charge in [-0.15, -0.1) is 0 Å². The average molecular weight is 281 g/mol. The van der Waals surface area contributed by atoms with Crippen LogP contribution in [0.4, 0.5) is 18.9 Å². The zero-order valence-electron chi connectivity index (χ0n) is 10.8. The van der Waals surface area contributed by atoms with Crippen LogP contribution in [-0.2, 0) is 6.18 Å². The first-order chi connectivity index (χ1) is 9.55. The average Bonchev–Trinajstić information content (AvgIpc) is 3.10. The highest BCUT2D eigenvalue weighted by molar-refractivity contribution is 5.76. The lowest BCUT2D eigenvalue weighted by Gasteiger charge is -2.21. The highest BCUT2D eigenvalue weighted by atomic mass is 19.4. The Hall–Kier alpha value is -1.91. The molecular weight excluding hydrogens is 267 g/mol. The summed E-state index contributed by atoms with van der Waals surface area (Å²) in [6.45, 7) is 1.75. The molecule has 2 aromatic rings. The number of hydrogen-bond acceptors (Lipinski definition) is 2. The van der Waals surface area contributed by atoms with E-state index in [0.717, 1.165) is 37.7 Å². The van der Waals surface area contributed by atoms with Gasteiger partial charge in [-0.1, -0.05) is 0 Å². The third-order valence-corrected chi connectivity index (χ3v) is 3.56. The summed E-state index contributed by atoms with van der Waals surface area (Å²) in [7, 11) is 0. The third kappa shape index (κ3) is 2.40. The van der Waals surface area contributed by atoms with Gasteiger partial charge in [-0.3, -0.25) is 0 Å². The highest BCUT2D eigenvalue weighted by Crippen LogP contribution is 2.38. The van der Waals surface area contributed by atoms with Crippen LogP contribution in [0.3, 0.4) is 0 Å². The number of alkyl halides is 3. The van der Waals surface area contributed by atoms with E-state index < -0.39 is 11.7 Å². The van der Waals surface area contributed by atoms with E-state index in [-0.39, 0.29) is 0 Å². The smallest absolute Gasteiger partial charge is 0.416 e. The number of rotatable bonds is 2. The minimum atomic E-state index is -4.34. The molecule has 1 aromatic heterocycles. The second-order valence-electron chi connectivity index (χ2n) is 4.90. The molecule has 5 heteroatoms. The second-order valence-corrected chi connectivity index (χ2v) is 4.90. The van der Waals surface area contributed by atoms with E-state index in [0.29, 0.717) is 11.3 Å². The van der Waals surface area contributed by atoms with Gasteiger partial charge in [0.25, 0.3) is 0 Å². The number of furan rings is 1. The molecule has 1 saturated heterocycles. The third-order valence-electron chi connectivity index (χ3n) is 3.56. The van der Waals surface area contributed by atoms with Crippen LogP contribution < -0.4 is 4.90 Å². The Morgan fingerprint density at radius 3 is 2.40 bits per heavy atom. The molecule has 106 valence electrons. The van der Waals surface area contributed by atoms with Crippen molar-refractivity contribution in [3.8, 4) is 11.3 Å². The van der Waals surface area contributed by atoms with Gasteiger partial charge < -0.3 is 9.32 Å². The van der Waals surface area contributed by atoms with Crippen molar-refractivity contribution in [2.45, 2.75) is 19.0 Å². The van der Waals surface area contributed by atoms with Gasteiger partial charge in [-0.05, 0) is 43.2 Å². The first-order valence-electron chi connectivity index (χ1n) is 6.56. The molecule has 1 aliphatic heterocycles. The molecular formula is C15H14F3NO. The van der Waals surface area contributed by atoms with Gasteiger partial charge in [-0.25, -0.2) is 0 Å². The lowest BCUT2D eigenvalue weighted by atomic mass is 10.0. The van der Waals surface area contributed by atoms with Crippen molar-refractivity contribution in [3.63, 3.8) is 0 Å². The second kappa shape index (κ2) is 4.89. The summed E-state index contributed by atoms with van der Waals surface area (Å²) >= 11 is 0. The van der Waals surface area contributed by atoms with Crippen LogP contribution in [0, 0.1) is 0 Å². The maximum atomic E-state index is 12.9. The molecule has 1 fully saturated rings. The monoisotopic (exact) mass is 281 g/mol. The van der Waals surface area contributed by atoms with Crippen LogP contribution in [-0.4, -0.2) is 13.1 Å². The molecule has 0 radical (unpaired) electrons. The minimum Gasteiger partial charge on any atom is -0.464 e. The van der Waals surface area contributed by atoms with E-state index in [1.165, 1.54) is 12.3 Å². The normalized spacial score (nSPS) is 15.8. The van der Waals surface area contributed by atoms with Gasteiger partial charge in [-0.2, -0.15) is 13.2 Å². The van der Waals surface area contributed by atoms with Crippen LogP contribution >= 0.6 is 0 Å². The predicted octanol–water partition coefficient (Wildman–Crippen LogP) is 4.57. The molecule has 0 atom stereocenters. The number of anilines is 1. The number of hydrogen-bond donors (Lipinski definition) is 0. The largest absolute Gasteiger partial charge is 0.464 e. The molecule has 2 nitrogen and oxygen atoms in total. The molecule has 0 unspecified atom stereocenters. The van der Waals surface area contributed by atoms with Gasteiger partial charge in [0.2, 0.25) is 0 Å². The topological polar surface area (TPSA) is 16.4 Å². The lowest BCUT2D eigenvalue weighted by Crippen LogP contribution is -2.19. The zero-order valence-corrected chi connectivity index (χ0v) is 10.8. The summed E-state index contributed by atoms with van der Waals surface area (Å²) in [6.07, 6.45) is -0.731. The standard InChI is InChI=1S/C15H14F3NO/c16-15(17,18)11-5-6-13(19-7-1-2-8-19)12(10-11)14-4-3-9-20-14/h3-6,9-10H,1-2,7-8H2. The molecule has 0 bridgehead atoms. The summed E-state index contributed by atoms with van der Waals surface area (Å²) < 4.78 is 43.9. The molecule has 20 heavy (non-hydrogen) atoms. The van der Waals surface area contributed by atoms with Crippen molar-refractivity contribution < 1.29 is 17.6 Å². The van der Waals surface area contributed by atoms with Gasteiger partial charge in [0.1, 0.15) is 5.76 Å². The lowest BCUT2D eigenvalue weighted by molar-refractivity contribution is -0.137. The van der Waals surface area contributed by atoms with Crippen LogP contribution in [0.2, 0.25) is 0 Å². The fourth-order valence-corrected chi connectivity index (χ4v) is 2.58.